The van der Waals surface area contributed by atoms with Crippen molar-refractivity contribution in [1.29, 1.82) is 0 Å². The number of benzene rings is 3. The van der Waals surface area contributed by atoms with Gasteiger partial charge in [-0.3, -0.25) is 4.79 Å². The highest BCUT2D eigenvalue weighted by atomic mass is 32.2. The van der Waals surface area contributed by atoms with Crippen LogP contribution in [0.15, 0.2) is 83.8 Å². The second-order valence-electron chi connectivity index (χ2n) is 7.27. The highest BCUT2D eigenvalue weighted by Crippen LogP contribution is 2.23. The van der Waals surface area contributed by atoms with E-state index < -0.39 is 10.0 Å². The minimum absolute atomic E-state index is 0.127. The Bertz CT molecular complexity index is 1180. The molecule has 0 aromatic heterocycles. The highest BCUT2D eigenvalue weighted by Gasteiger charge is 2.26. The van der Waals surface area contributed by atoms with E-state index in [2.05, 4.69) is 5.32 Å². The van der Waals surface area contributed by atoms with E-state index in [1.807, 2.05) is 30.3 Å². The van der Waals surface area contributed by atoms with Crippen LogP contribution in [0.2, 0.25) is 0 Å². The van der Waals surface area contributed by atoms with E-state index in [1.54, 1.807) is 48.5 Å². The molecule has 0 spiro atoms. The summed E-state index contributed by atoms with van der Waals surface area (Å²) in [5, 5.41) is 2.85. The molecule has 8 heteroatoms. The maximum Gasteiger partial charge on any atom is 0.259 e. The van der Waals surface area contributed by atoms with Crippen LogP contribution in [0, 0.1) is 0 Å². The number of para-hydroxylation sites is 2. The maximum atomic E-state index is 12.9. The Hall–Kier alpha value is -3.20. The SMILES string of the molecule is O=C(Nc1ccccc1)c1ccccc1OCc1cccc(S(=O)(=O)N2CCOCC2)c1. The van der Waals surface area contributed by atoms with Gasteiger partial charge >= 0.3 is 0 Å². The number of hydrogen-bond donors (Lipinski definition) is 1. The number of nitrogens with zero attached hydrogens (tertiary/aromatic N) is 1. The van der Waals surface area contributed by atoms with Gasteiger partial charge in [0.05, 0.1) is 23.7 Å². The lowest BCUT2D eigenvalue weighted by molar-refractivity contribution is 0.0730. The van der Waals surface area contributed by atoms with Crippen molar-refractivity contribution in [1.82, 2.24) is 4.31 Å². The first-order valence-electron chi connectivity index (χ1n) is 10.3. The molecule has 1 saturated heterocycles. The third-order valence-corrected chi connectivity index (χ3v) is 6.96. The predicted molar refractivity (Wildman–Crippen MR) is 121 cm³/mol. The van der Waals surface area contributed by atoms with Crippen molar-refractivity contribution in [3.05, 3.63) is 90.0 Å². The lowest BCUT2D eigenvalue weighted by Crippen LogP contribution is -2.40. The topological polar surface area (TPSA) is 84.9 Å². The number of morpholine rings is 1. The Balaban J connectivity index is 1.48. The molecular formula is C24H24N2O5S. The molecule has 1 aliphatic heterocycles. The summed E-state index contributed by atoms with van der Waals surface area (Å²) in [6, 6.07) is 22.8. The first-order chi connectivity index (χ1) is 15.5. The number of nitrogens with one attached hydrogen (secondary N) is 1. The van der Waals surface area contributed by atoms with Crippen LogP contribution in [-0.2, 0) is 21.4 Å². The van der Waals surface area contributed by atoms with Crippen LogP contribution in [0.4, 0.5) is 5.69 Å². The fourth-order valence-corrected chi connectivity index (χ4v) is 4.87. The molecule has 3 aromatic rings. The van der Waals surface area contributed by atoms with Crippen molar-refractivity contribution in [2.75, 3.05) is 31.6 Å². The van der Waals surface area contributed by atoms with Gasteiger partial charge in [0.25, 0.3) is 5.91 Å². The molecule has 0 saturated carbocycles. The van der Waals surface area contributed by atoms with Crippen LogP contribution < -0.4 is 10.1 Å². The second kappa shape index (κ2) is 9.95. The van der Waals surface area contributed by atoms with Gasteiger partial charge in [0.1, 0.15) is 12.4 Å². The zero-order valence-corrected chi connectivity index (χ0v) is 18.3. The molecule has 3 aromatic carbocycles. The standard InChI is InChI=1S/C24H24N2O5S/c27-24(25-20-8-2-1-3-9-20)22-11-4-5-12-23(22)31-18-19-7-6-10-21(17-19)32(28,29)26-13-15-30-16-14-26/h1-12,17H,13-16,18H2,(H,25,27). The van der Waals surface area contributed by atoms with Crippen LogP contribution in [0.3, 0.4) is 0 Å². The summed E-state index contributed by atoms with van der Waals surface area (Å²) in [5.74, 6) is 0.137. The quantitative estimate of drug-likeness (QED) is 0.593. The number of hydrogen-bond acceptors (Lipinski definition) is 5. The Labute approximate surface area is 187 Å². The van der Waals surface area contributed by atoms with E-state index >= 15 is 0 Å². The molecule has 32 heavy (non-hydrogen) atoms. The van der Waals surface area contributed by atoms with Crippen molar-refractivity contribution >= 4 is 21.6 Å². The number of ether oxygens (including phenoxy) is 2. The van der Waals surface area contributed by atoms with Gasteiger partial charge in [-0.25, -0.2) is 8.42 Å². The summed E-state index contributed by atoms with van der Waals surface area (Å²) in [6.07, 6.45) is 0. The fourth-order valence-electron chi connectivity index (χ4n) is 3.39. The van der Waals surface area contributed by atoms with E-state index in [4.69, 9.17) is 9.47 Å². The molecule has 4 rings (SSSR count). The normalized spacial score (nSPS) is 14.6. The van der Waals surface area contributed by atoms with Crippen LogP contribution in [0.5, 0.6) is 5.75 Å². The smallest absolute Gasteiger partial charge is 0.259 e. The second-order valence-corrected chi connectivity index (χ2v) is 9.21. The maximum absolute atomic E-state index is 12.9. The first-order valence-corrected chi connectivity index (χ1v) is 11.7. The summed E-state index contributed by atoms with van der Waals surface area (Å²) in [6.45, 7) is 1.59. The van der Waals surface area contributed by atoms with Gasteiger partial charge in [0, 0.05) is 18.8 Å². The first kappa shape index (κ1) is 22.0. The van der Waals surface area contributed by atoms with Crippen molar-refractivity contribution in [3.63, 3.8) is 0 Å². The van der Waals surface area contributed by atoms with Crippen molar-refractivity contribution in [2.24, 2.45) is 0 Å². The molecule has 1 N–H and O–H groups in total. The summed E-state index contributed by atoms with van der Waals surface area (Å²) in [5.41, 5.74) is 1.78. The summed E-state index contributed by atoms with van der Waals surface area (Å²) in [7, 11) is -3.59. The van der Waals surface area contributed by atoms with E-state index in [-0.39, 0.29) is 17.4 Å². The number of carbonyl (C=O) groups is 1. The number of sulfonamides is 1. The predicted octanol–water partition coefficient (Wildman–Crippen LogP) is 3.54. The molecule has 0 aliphatic carbocycles. The lowest BCUT2D eigenvalue weighted by Gasteiger charge is -2.26. The molecule has 0 radical (unpaired) electrons. The number of amides is 1. The molecule has 1 heterocycles. The van der Waals surface area contributed by atoms with Gasteiger partial charge < -0.3 is 14.8 Å². The van der Waals surface area contributed by atoms with Crippen LogP contribution in [0.25, 0.3) is 0 Å². The van der Waals surface area contributed by atoms with E-state index in [1.165, 1.54) is 4.31 Å². The van der Waals surface area contributed by atoms with Crippen molar-refractivity contribution in [3.8, 4) is 5.75 Å². The number of rotatable bonds is 7. The molecular weight excluding hydrogens is 428 g/mol. The number of carbonyl (C=O) groups excluding carboxylic acids is 1. The molecule has 0 unspecified atom stereocenters. The Morgan fingerprint density at radius 1 is 0.938 bits per heavy atom. The van der Waals surface area contributed by atoms with Crippen LogP contribution >= 0.6 is 0 Å². The average molecular weight is 453 g/mol. The lowest BCUT2D eigenvalue weighted by atomic mass is 10.1. The summed E-state index contributed by atoms with van der Waals surface area (Å²) < 4.78 is 38.4. The molecule has 0 bridgehead atoms. The Morgan fingerprint density at radius 3 is 2.44 bits per heavy atom. The molecule has 1 aliphatic rings. The Morgan fingerprint density at radius 2 is 1.66 bits per heavy atom. The third-order valence-electron chi connectivity index (χ3n) is 5.06. The van der Waals surface area contributed by atoms with E-state index in [0.29, 0.717) is 48.9 Å². The van der Waals surface area contributed by atoms with Crippen molar-refractivity contribution < 1.29 is 22.7 Å². The van der Waals surface area contributed by atoms with Gasteiger partial charge in [0.15, 0.2) is 0 Å². The molecule has 0 atom stereocenters. The van der Waals surface area contributed by atoms with Gasteiger partial charge in [-0.1, -0.05) is 42.5 Å². The van der Waals surface area contributed by atoms with Gasteiger partial charge in [-0.15, -0.1) is 0 Å². The third kappa shape index (κ3) is 5.16. The average Bonchev–Trinajstić information content (AvgIpc) is 2.84. The molecule has 7 nitrogen and oxygen atoms in total. The summed E-state index contributed by atoms with van der Waals surface area (Å²) in [4.78, 5) is 12.9. The van der Waals surface area contributed by atoms with Gasteiger partial charge in [-0.2, -0.15) is 4.31 Å². The molecule has 166 valence electrons. The van der Waals surface area contributed by atoms with Crippen LogP contribution in [0.1, 0.15) is 15.9 Å². The largest absolute Gasteiger partial charge is 0.488 e. The minimum atomic E-state index is -3.59. The zero-order chi connectivity index (χ0) is 22.4. The molecule has 1 fully saturated rings. The molecule has 1 amide bonds. The van der Waals surface area contributed by atoms with E-state index in [0.717, 1.165) is 0 Å². The van der Waals surface area contributed by atoms with Gasteiger partial charge in [-0.05, 0) is 42.0 Å². The fraction of sp³-hybridized carbons (Fsp3) is 0.208. The van der Waals surface area contributed by atoms with Crippen molar-refractivity contribution in [2.45, 2.75) is 11.5 Å². The number of anilines is 1. The zero-order valence-electron chi connectivity index (χ0n) is 17.4. The Kier molecular flexibility index (Phi) is 6.84. The van der Waals surface area contributed by atoms with Crippen LogP contribution in [-0.4, -0.2) is 44.9 Å². The van der Waals surface area contributed by atoms with Gasteiger partial charge in [0.2, 0.25) is 10.0 Å². The summed E-state index contributed by atoms with van der Waals surface area (Å²) >= 11 is 0. The monoisotopic (exact) mass is 452 g/mol. The highest BCUT2D eigenvalue weighted by molar-refractivity contribution is 7.89. The van der Waals surface area contributed by atoms with E-state index in [9.17, 15) is 13.2 Å². The minimum Gasteiger partial charge on any atom is -0.488 e.